The largest absolute Gasteiger partial charge is 0.492 e. The summed E-state index contributed by atoms with van der Waals surface area (Å²) in [4.78, 5) is 8.72. The van der Waals surface area contributed by atoms with E-state index < -0.39 is 0 Å². The van der Waals surface area contributed by atoms with Gasteiger partial charge in [0.25, 0.3) is 0 Å². The maximum Gasteiger partial charge on any atom is 0.153 e. The number of hydrogen-bond donors (Lipinski definition) is 3. The van der Waals surface area contributed by atoms with Gasteiger partial charge in [0.2, 0.25) is 0 Å². The Labute approximate surface area is 208 Å². The van der Waals surface area contributed by atoms with Crippen molar-refractivity contribution in [2.24, 2.45) is 0 Å². The van der Waals surface area contributed by atoms with E-state index in [1.807, 2.05) is 19.1 Å². The van der Waals surface area contributed by atoms with Crippen LogP contribution < -0.4 is 15.4 Å². The summed E-state index contributed by atoms with van der Waals surface area (Å²) in [7, 11) is 0. The second-order valence-electron chi connectivity index (χ2n) is 6.93. The van der Waals surface area contributed by atoms with Gasteiger partial charge in [0, 0.05) is 41.3 Å². The normalized spacial score (nSPS) is 9.79. The molecule has 0 atom stereocenters. The maximum atomic E-state index is 13.3. The van der Waals surface area contributed by atoms with Crippen molar-refractivity contribution in [3.63, 3.8) is 0 Å². The zero-order valence-electron chi connectivity index (χ0n) is 18.1. The van der Waals surface area contributed by atoms with Crippen molar-refractivity contribution in [2.45, 2.75) is 6.92 Å². The van der Waals surface area contributed by atoms with Gasteiger partial charge in [0.05, 0.1) is 6.54 Å². The number of anilines is 3. The van der Waals surface area contributed by atoms with Crippen LogP contribution in [0.1, 0.15) is 11.3 Å². The lowest BCUT2D eigenvalue weighted by molar-refractivity contribution is 0.331. The molecule has 0 amide bonds. The predicted molar refractivity (Wildman–Crippen MR) is 134 cm³/mol. The quantitative estimate of drug-likeness (QED) is 0.282. The molecular formula is C23H22Cl2FN7O. The molecule has 8 nitrogen and oxygen atoms in total. The SMILES string of the molecule is Cc1cc(Nc2cc(-c3cccnc3)c(C#N)c(NCCOc3cccc(F)c3)n2)n[nH]1.Cl.Cl. The third-order valence-corrected chi connectivity index (χ3v) is 4.53. The van der Waals surface area contributed by atoms with Gasteiger partial charge in [-0.05, 0) is 31.2 Å². The Kier molecular flexibility index (Phi) is 9.62. The van der Waals surface area contributed by atoms with Crippen LogP contribution in [0.5, 0.6) is 5.75 Å². The minimum absolute atomic E-state index is 0. The number of ether oxygens (including phenoxy) is 1. The molecule has 11 heteroatoms. The summed E-state index contributed by atoms with van der Waals surface area (Å²) < 4.78 is 18.9. The lowest BCUT2D eigenvalue weighted by Crippen LogP contribution is -2.14. The summed E-state index contributed by atoms with van der Waals surface area (Å²) in [5.41, 5.74) is 2.75. The number of aromatic nitrogens is 4. The van der Waals surface area contributed by atoms with E-state index in [2.05, 4.69) is 36.9 Å². The number of aryl methyl sites for hydroxylation is 1. The average Bonchev–Trinajstić information content (AvgIpc) is 3.21. The van der Waals surface area contributed by atoms with Crippen molar-refractivity contribution in [2.75, 3.05) is 23.8 Å². The highest BCUT2D eigenvalue weighted by molar-refractivity contribution is 5.85. The summed E-state index contributed by atoms with van der Waals surface area (Å²) in [6, 6.07) is 15.5. The number of nitrogens with zero attached hydrogens (tertiary/aromatic N) is 4. The van der Waals surface area contributed by atoms with E-state index in [1.165, 1.54) is 12.1 Å². The number of nitriles is 1. The molecule has 34 heavy (non-hydrogen) atoms. The first-order valence-electron chi connectivity index (χ1n) is 9.89. The van der Waals surface area contributed by atoms with Crippen LogP contribution in [0.3, 0.4) is 0 Å². The monoisotopic (exact) mass is 501 g/mol. The van der Waals surface area contributed by atoms with Gasteiger partial charge in [0.15, 0.2) is 5.82 Å². The molecule has 0 saturated heterocycles. The Morgan fingerprint density at radius 2 is 1.97 bits per heavy atom. The van der Waals surface area contributed by atoms with Crippen molar-refractivity contribution in [3.8, 4) is 22.9 Å². The van der Waals surface area contributed by atoms with E-state index in [0.717, 1.165) is 11.3 Å². The Morgan fingerprint density at radius 3 is 2.65 bits per heavy atom. The molecule has 4 aromatic rings. The summed E-state index contributed by atoms with van der Waals surface area (Å²) >= 11 is 0. The van der Waals surface area contributed by atoms with Gasteiger partial charge in [-0.15, -0.1) is 24.8 Å². The van der Waals surface area contributed by atoms with Crippen molar-refractivity contribution >= 4 is 42.3 Å². The van der Waals surface area contributed by atoms with Gasteiger partial charge < -0.3 is 15.4 Å². The molecule has 0 saturated carbocycles. The zero-order valence-corrected chi connectivity index (χ0v) is 19.7. The molecule has 0 spiro atoms. The molecule has 0 bridgehead atoms. The molecule has 1 aromatic carbocycles. The first kappa shape index (κ1) is 26.4. The lowest BCUT2D eigenvalue weighted by atomic mass is 10.0. The van der Waals surface area contributed by atoms with Gasteiger partial charge >= 0.3 is 0 Å². The lowest BCUT2D eigenvalue weighted by Gasteiger charge is -2.14. The number of hydrogen-bond acceptors (Lipinski definition) is 7. The number of benzene rings is 1. The number of rotatable bonds is 8. The van der Waals surface area contributed by atoms with Crippen LogP contribution >= 0.6 is 24.8 Å². The number of H-pyrrole nitrogens is 1. The molecule has 0 aliphatic carbocycles. The van der Waals surface area contributed by atoms with Gasteiger partial charge in [0.1, 0.15) is 41.4 Å². The van der Waals surface area contributed by atoms with Crippen molar-refractivity contribution in [1.29, 1.82) is 5.26 Å². The van der Waals surface area contributed by atoms with E-state index in [1.54, 1.807) is 36.7 Å². The van der Waals surface area contributed by atoms with E-state index >= 15 is 0 Å². The van der Waals surface area contributed by atoms with Gasteiger partial charge in [-0.25, -0.2) is 9.37 Å². The average molecular weight is 502 g/mol. The maximum absolute atomic E-state index is 13.3. The number of pyridine rings is 2. The summed E-state index contributed by atoms with van der Waals surface area (Å²) in [6.45, 7) is 2.52. The fourth-order valence-corrected chi connectivity index (χ4v) is 3.11. The Hall–Kier alpha value is -3.87. The highest BCUT2D eigenvalue weighted by atomic mass is 35.5. The standard InChI is InChI=1S/C23H20FN7O.2ClH/c1-15-10-22(31-30-15)28-21-12-19(16-4-3-7-26-14-16)20(13-25)23(29-21)27-8-9-32-18-6-2-5-17(24)11-18;;/h2-7,10-12,14H,8-9H2,1H3,(H3,27,28,29,30,31);2*1H. The van der Waals surface area contributed by atoms with E-state index in [0.29, 0.717) is 40.9 Å². The first-order valence-corrected chi connectivity index (χ1v) is 9.89. The Balaban J connectivity index is 0.00000204. The molecule has 3 aromatic heterocycles. The molecule has 0 aliphatic heterocycles. The fraction of sp³-hybridized carbons (Fsp3) is 0.130. The van der Waals surface area contributed by atoms with Gasteiger partial charge in [-0.3, -0.25) is 10.1 Å². The molecule has 3 heterocycles. The zero-order chi connectivity index (χ0) is 22.3. The minimum atomic E-state index is -0.364. The van der Waals surface area contributed by atoms with Crippen LogP contribution in [0.2, 0.25) is 0 Å². The minimum Gasteiger partial charge on any atom is -0.492 e. The van der Waals surface area contributed by atoms with Crippen LogP contribution in [0, 0.1) is 24.1 Å². The van der Waals surface area contributed by atoms with Gasteiger partial charge in [-0.2, -0.15) is 10.4 Å². The second kappa shape index (κ2) is 12.4. The van der Waals surface area contributed by atoms with Crippen LogP contribution in [0.25, 0.3) is 11.1 Å². The van der Waals surface area contributed by atoms with Crippen molar-refractivity contribution in [1.82, 2.24) is 20.2 Å². The second-order valence-corrected chi connectivity index (χ2v) is 6.93. The molecule has 3 N–H and O–H groups in total. The van der Waals surface area contributed by atoms with Crippen molar-refractivity contribution < 1.29 is 9.13 Å². The van der Waals surface area contributed by atoms with E-state index in [4.69, 9.17) is 4.74 Å². The molecule has 0 radical (unpaired) electrons. The Bertz CT molecular complexity index is 1260. The summed E-state index contributed by atoms with van der Waals surface area (Å²) in [5.74, 6) is 1.59. The molecule has 176 valence electrons. The van der Waals surface area contributed by atoms with Crippen LogP contribution in [-0.4, -0.2) is 33.3 Å². The third-order valence-electron chi connectivity index (χ3n) is 4.53. The fourth-order valence-electron chi connectivity index (χ4n) is 3.11. The van der Waals surface area contributed by atoms with Crippen LogP contribution in [0.15, 0.2) is 60.9 Å². The molecule has 0 unspecified atom stereocenters. The topological polar surface area (TPSA) is 112 Å². The molecule has 4 rings (SSSR count). The van der Waals surface area contributed by atoms with Crippen LogP contribution in [-0.2, 0) is 0 Å². The first-order chi connectivity index (χ1) is 15.6. The van der Waals surface area contributed by atoms with Gasteiger partial charge in [-0.1, -0.05) is 12.1 Å². The van der Waals surface area contributed by atoms with E-state index in [-0.39, 0.29) is 37.2 Å². The number of nitrogens with one attached hydrogen (secondary N) is 3. The highest BCUT2D eigenvalue weighted by Crippen LogP contribution is 2.31. The number of aromatic amines is 1. The molecule has 0 aliphatic rings. The summed E-state index contributed by atoms with van der Waals surface area (Å²) in [5, 5.41) is 23.2. The smallest absolute Gasteiger partial charge is 0.153 e. The third kappa shape index (κ3) is 6.57. The Morgan fingerprint density at radius 1 is 1.12 bits per heavy atom. The predicted octanol–water partition coefficient (Wildman–Crippen LogP) is 5.26. The number of halogens is 3. The summed E-state index contributed by atoms with van der Waals surface area (Å²) in [6.07, 6.45) is 3.36. The molecular weight excluding hydrogens is 480 g/mol. The molecule has 0 fully saturated rings. The van der Waals surface area contributed by atoms with Crippen molar-refractivity contribution in [3.05, 3.63) is 78.0 Å². The van der Waals surface area contributed by atoms with Crippen LogP contribution in [0.4, 0.5) is 21.8 Å². The highest BCUT2D eigenvalue weighted by Gasteiger charge is 2.15. The van der Waals surface area contributed by atoms with E-state index in [9.17, 15) is 9.65 Å².